The van der Waals surface area contributed by atoms with Crippen LogP contribution in [0.5, 0.6) is 0 Å². The zero-order valence-electron chi connectivity index (χ0n) is 16.3. The molecule has 1 N–H and O–H groups in total. The number of carbonyl (C=O) groups excluding carboxylic acids is 2. The lowest BCUT2D eigenvalue weighted by Crippen LogP contribution is -2.32. The molecule has 0 aromatic heterocycles. The van der Waals surface area contributed by atoms with E-state index in [1.807, 2.05) is 47.4 Å². The lowest BCUT2D eigenvalue weighted by Gasteiger charge is -2.25. The van der Waals surface area contributed by atoms with Gasteiger partial charge in [-0.25, -0.2) is 4.79 Å². The van der Waals surface area contributed by atoms with Crippen molar-refractivity contribution in [2.24, 2.45) is 0 Å². The highest BCUT2D eigenvalue weighted by molar-refractivity contribution is 6.02. The number of carbonyl (C=O) groups is 3. The Morgan fingerprint density at radius 3 is 2.48 bits per heavy atom. The van der Waals surface area contributed by atoms with Crippen molar-refractivity contribution in [1.29, 1.82) is 0 Å². The van der Waals surface area contributed by atoms with E-state index >= 15 is 0 Å². The molecule has 6 heteroatoms. The van der Waals surface area contributed by atoms with E-state index in [2.05, 4.69) is 0 Å². The van der Waals surface area contributed by atoms with Crippen molar-refractivity contribution in [2.45, 2.75) is 38.6 Å². The molecule has 2 aliphatic rings. The van der Waals surface area contributed by atoms with Crippen molar-refractivity contribution in [1.82, 2.24) is 4.90 Å². The van der Waals surface area contributed by atoms with Crippen molar-refractivity contribution in [3.05, 3.63) is 64.7 Å². The summed E-state index contributed by atoms with van der Waals surface area (Å²) in [6.45, 7) is 1.33. The molecule has 4 rings (SSSR count). The molecule has 2 heterocycles. The van der Waals surface area contributed by atoms with Gasteiger partial charge in [-0.3, -0.25) is 9.59 Å². The average Bonchev–Trinajstić information content (AvgIpc) is 3.16. The number of nitrogens with zero attached hydrogens (tertiary/aromatic N) is 2. The molecule has 2 amide bonds. The number of benzene rings is 2. The molecule has 0 saturated heterocycles. The second-order valence-corrected chi connectivity index (χ2v) is 7.65. The fourth-order valence-corrected chi connectivity index (χ4v) is 4.24. The summed E-state index contributed by atoms with van der Waals surface area (Å²) in [7, 11) is 0. The van der Waals surface area contributed by atoms with Crippen LogP contribution in [-0.2, 0) is 24.2 Å². The van der Waals surface area contributed by atoms with Crippen molar-refractivity contribution >= 4 is 23.5 Å². The second kappa shape index (κ2) is 8.07. The first-order valence-electron chi connectivity index (χ1n) is 10.0. The Labute approximate surface area is 169 Å². The lowest BCUT2D eigenvalue weighted by molar-refractivity contribution is -0.118. The summed E-state index contributed by atoms with van der Waals surface area (Å²) in [4.78, 5) is 39.5. The Kier molecular flexibility index (Phi) is 5.34. The molecule has 0 spiro atoms. The van der Waals surface area contributed by atoms with Crippen LogP contribution in [0.1, 0.15) is 46.3 Å². The minimum Gasteiger partial charge on any atom is -0.465 e. The summed E-state index contributed by atoms with van der Waals surface area (Å²) in [5, 5.41) is 9.45. The molecule has 6 nitrogen and oxygen atoms in total. The fourth-order valence-electron chi connectivity index (χ4n) is 4.24. The highest BCUT2D eigenvalue weighted by Gasteiger charge is 2.31. The van der Waals surface area contributed by atoms with Gasteiger partial charge in [0.15, 0.2) is 5.78 Å². The molecule has 2 aromatic rings. The molecular weight excluding hydrogens is 368 g/mol. The predicted molar refractivity (Wildman–Crippen MR) is 109 cm³/mol. The first kappa shape index (κ1) is 19.2. The maximum Gasteiger partial charge on any atom is 0.407 e. The first-order chi connectivity index (χ1) is 14.0. The number of amides is 2. The Hall–Kier alpha value is -3.15. The number of Topliss-reactive ketones (excluding diaryl/α,β-unsaturated/α-hetero) is 1. The van der Waals surface area contributed by atoms with Gasteiger partial charge in [0.25, 0.3) is 0 Å². The Morgan fingerprint density at radius 2 is 1.76 bits per heavy atom. The highest BCUT2D eigenvalue weighted by atomic mass is 16.4. The van der Waals surface area contributed by atoms with Crippen LogP contribution in [-0.4, -0.2) is 40.9 Å². The smallest absolute Gasteiger partial charge is 0.407 e. The summed E-state index contributed by atoms with van der Waals surface area (Å²) < 4.78 is 0. The maximum absolute atomic E-state index is 12.7. The first-order valence-corrected chi connectivity index (χ1v) is 10.0. The van der Waals surface area contributed by atoms with Crippen LogP contribution in [0.3, 0.4) is 0 Å². The summed E-state index contributed by atoms with van der Waals surface area (Å²) in [5.74, 6) is 0.201. The second-order valence-electron chi connectivity index (χ2n) is 7.65. The number of hydrogen-bond donors (Lipinski definition) is 1. The number of carboxylic acid groups (broad SMARTS) is 1. The van der Waals surface area contributed by atoms with Gasteiger partial charge in [0.2, 0.25) is 5.91 Å². The van der Waals surface area contributed by atoms with E-state index in [1.165, 1.54) is 4.90 Å². The van der Waals surface area contributed by atoms with Gasteiger partial charge in [-0.05, 0) is 48.1 Å². The molecule has 150 valence electrons. The van der Waals surface area contributed by atoms with E-state index in [-0.39, 0.29) is 11.7 Å². The Bertz CT molecular complexity index is 955. The summed E-state index contributed by atoms with van der Waals surface area (Å²) in [5.41, 5.74) is 4.78. The molecule has 2 aromatic carbocycles. The maximum atomic E-state index is 12.7. The van der Waals surface area contributed by atoms with Crippen molar-refractivity contribution in [3.63, 3.8) is 0 Å². The van der Waals surface area contributed by atoms with E-state index in [4.69, 9.17) is 0 Å². The third-order valence-corrected chi connectivity index (χ3v) is 5.69. The quantitative estimate of drug-likeness (QED) is 0.730. The van der Waals surface area contributed by atoms with Crippen LogP contribution >= 0.6 is 0 Å². The molecule has 0 aliphatic carbocycles. The van der Waals surface area contributed by atoms with Crippen LogP contribution < -0.4 is 4.90 Å². The van der Waals surface area contributed by atoms with Gasteiger partial charge in [-0.15, -0.1) is 0 Å². The normalized spacial score (nSPS) is 14.6. The molecule has 0 unspecified atom stereocenters. The van der Waals surface area contributed by atoms with E-state index in [0.717, 1.165) is 28.8 Å². The van der Waals surface area contributed by atoms with Gasteiger partial charge >= 0.3 is 6.09 Å². The van der Waals surface area contributed by atoms with Crippen LogP contribution in [0.2, 0.25) is 0 Å². The third kappa shape index (κ3) is 4.01. The van der Waals surface area contributed by atoms with E-state index < -0.39 is 6.09 Å². The summed E-state index contributed by atoms with van der Waals surface area (Å²) in [6, 6.07) is 13.3. The van der Waals surface area contributed by atoms with Gasteiger partial charge in [0, 0.05) is 38.0 Å². The fraction of sp³-hybridized carbons (Fsp3) is 0.348. The molecule has 0 bridgehead atoms. The lowest BCUT2D eigenvalue weighted by atomic mass is 9.94. The number of hydrogen-bond acceptors (Lipinski definition) is 3. The van der Waals surface area contributed by atoms with Crippen molar-refractivity contribution in [3.8, 4) is 0 Å². The molecule has 2 aliphatic heterocycles. The van der Waals surface area contributed by atoms with Crippen LogP contribution in [0, 0.1) is 0 Å². The number of ketones is 1. The van der Waals surface area contributed by atoms with Crippen molar-refractivity contribution < 1.29 is 19.5 Å². The van der Waals surface area contributed by atoms with Crippen LogP contribution in [0.4, 0.5) is 10.5 Å². The summed E-state index contributed by atoms with van der Waals surface area (Å²) in [6.07, 6.45) is 1.78. The zero-order chi connectivity index (χ0) is 20.4. The van der Waals surface area contributed by atoms with Gasteiger partial charge < -0.3 is 14.9 Å². The van der Waals surface area contributed by atoms with Gasteiger partial charge in [0.1, 0.15) is 0 Å². The minimum atomic E-state index is -0.979. The van der Waals surface area contributed by atoms with Gasteiger partial charge in [0.05, 0.1) is 5.69 Å². The van der Waals surface area contributed by atoms with Crippen molar-refractivity contribution in [2.75, 3.05) is 18.0 Å². The SMILES string of the molecule is O=C(CCCN(Cc1ccccc1)C(=O)O)c1cc2c3c(c1)CCN3C(=O)CC2. The molecule has 0 fully saturated rings. The van der Waals surface area contributed by atoms with E-state index in [9.17, 15) is 19.5 Å². The summed E-state index contributed by atoms with van der Waals surface area (Å²) >= 11 is 0. The van der Waals surface area contributed by atoms with Gasteiger partial charge in [-0.2, -0.15) is 0 Å². The number of rotatable bonds is 7. The Balaban J connectivity index is 1.39. The van der Waals surface area contributed by atoms with E-state index in [0.29, 0.717) is 50.9 Å². The van der Waals surface area contributed by atoms with Gasteiger partial charge in [-0.1, -0.05) is 30.3 Å². The van der Waals surface area contributed by atoms with Crippen LogP contribution in [0.25, 0.3) is 0 Å². The zero-order valence-corrected chi connectivity index (χ0v) is 16.3. The molecule has 0 saturated carbocycles. The van der Waals surface area contributed by atoms with E-state index in [1.54, 1.807) is 0 Å². The Morgan fingerprint density at radius 1 is 1.03 bits per heavy atom. The monoisotopic (exact) mass is 392 g/mol. The number of anilines is 1. The highest BCUT2D eigenvalue weighted by Crippen LogP contribution is 2.37. The molecule has 0 atom stereocenters. The topological polar surface area (TPSA) is 77.9 Å². The molecule has 0 radical (unpaired) electrons. The number of aryl methyl sites for hydroxylation is 1. The largest absolute Gasteiger partial charge is 0.465 e. The van der Waals surface area contributed by atoms with Crippen LogP contribution in [0.15, 0.2) is 42.5 Å². The predicted octanol–water partition coefficient (Wildman–Crippen LogP) is 3.67. The minimum absolute atomic E-state index is 0.0319. The standard InChI is InChI=1S/C23H24N2O4/c26-20(7-4-11-24(23(28)29)15-16-5-2-1-3-6-16)19-13-17-8-9-21(27)25-12-10-18(14-19)22(17)25/h1-3,5-6,13-14H,4,7-12,15H2,(H,28,29). The third-order valence-electron chi connectivity index (χ3n) is 5.69. The molecule has 29 heavy (non-hydrogen) atoms. The molecular formula is C23H24N2O4. The average molecular weight is 392 g/mol.